The lowest BCUT2D eigenvalue weighted by molar-refractivity contribution is -0.161. The van der Waals surface area contributed by atoms with Gasteiger partial charge in [0.25, 0.3) is 0 Å². The Morgan fingerprint density at radius 2 is 0.505 bits per heavy atom. The maximum atomic E-state index is 13.1. The van der Waals surface area contributed by atoms with Gasteiger partial charge in [-0.2, -0.15) is 0 Å². The summed E-state index contributed by atoms with van der Waals surface area (Å²) in [6, 6.07) is 0. The summed E-state index contributed by atoms with van der Waals surface area (Å²) in [7, 11) is -9.91. The van der Waals surface area contributed by atoms with Gasteiger partial charge in [-0.15, -0.1) is 0 Å². The smallest absolute Gasteiger partial charge is 0.462 e. The quantitative estimate of drug-likeness (QED) is 0.0222. The Labute approximate surface area is 619 Å². The molecule has 19 heteroatoms. The van der Waals surface area contributed by atoms with Gasteiger partial charge in [-0.1, -0.05) is 382 Å². The third-order valence-electron chi connectivity index (χ3n) is 19.6. The number of phosphoric acid groups is 2. The van der Waals surface area contributed by atoms with Crippen LogP contribution in [-0.2, 0) is 65.4 Å². The van der Waals surface area contributed by atoms with E-state index in [1.165, 1.54) is 238 Å². The first-order chi connectivity index (χ1) is 48.9. The first kappa shape index (κ1) is 99.1. The summed E-state index contributed by atoms with van der Waals surface area (Å²) in [6.45, 7) is 9.63. The molecule has 0 aliphatic heterocycles. The standard InChI is InChI=1S/C82H160O17P2/c1-7-10-12-14-16-17-18-19-20-21-22-23-27-30-33-36-41-47-53-59-65-80(85)93-71-78(99-81(86)66-60-54-48-42-37-34-31-28-25-24-26-29-32-35-40-46-51-57-63-75(6)9-3)73-97-101(90,91)95-69-76(83)68-94-100(88,89)96-72-77(70-92-79(84)64-58-52-44-15-13-11-8-2)98-82(87)67-61-55-49-43-38-39-45-50-56-62-74(4)5/h74-78,83H,7-73H2,1-6H3,(H,88,89)(H,90,91)/t75?,76-,77+,78+/m0/s1. The van der Waals surface area contributed by atoms with E-state index in [1.54, 1.807) is 0 Å². The van der Waals surface area contributed by atoms with Crippen molar-refractivity contribution in [2.75, 3.05) is 39.6 Å². The Kier molecular flexibility index (Phi) is 72.2. The summed E-state index contributed by atoms with van der Waals surface area (Å²) in [5.41, 5.74) is 0. The fraction of sp³-hybridized carbons (Fsp3) is 0.951. The van der Waals surface area contributed by atoms with Crippen molar-refractivity contribution in [1.82, 2.24) is 0 Å². The van der Waals surface area contributed by atoms with Crippen molar-refractivity contribution < 1.29 is 80.2 Å². The van der Waals surface area contributed by atoms with Crippen LogP contribution >= 0.6 is 15.6 Å². The van der Waals surface area contributed by atoms with Crippen LogP contribution in [0.3, 0.4) is 0 Å². The van der Waals surface area contributed by atoms with E-state index in [9.17, 15) is 43.2 Å². The fourth-order valence-corrected chi connectivity index (χ4v) is 14.3. The Bertz CT molecular complexity index is 1940. The third-order valence-corrected chi connectivity index (χ3v) is 21.5. The van der Waals surface area contributed by atoms with E-state index >= 15 is 0 Å². The molecule has 0 rings (SSSR count). The number of hydrogen-bond donors (Lipinski definition) is 3. The molecule has 0 aromatic carbocycles. The van der Waals surface area contributed by atoms with Gasteiger partial charge in [0.05, 0.1) is 26.4 Å². The number of aliphatic hydroxyl groups excluding tert-OH is 1. The van der Waals surface area contributed by atoms with E-state index in [4.69, 9.17) is 37.0 Å². The maximum Gasteiger partial charge on any atom is 0.472 e. The topological polar surface area (TPSA) is 237 Å². The molecule has 0 aromatic heterocycles. The van der Waals surface area contributed by atoms with Crippen LogP contribution in [0, 0.1) is 11.8 Å². The maximum absolute atomic E-state index is 13.1. The van der Waals surface area contributed by atoms with Crippen molar-refractivity contribution in [3.8, 4) is 0 Å². The van der Waals surface area contributed by atoms with Gasteiger partial charge in [-0.25, -0.2) is 9.13 Å². The van der Waals surface area contributed by atoms with Gasteiger partial charge in [-0.05, 0) is 37.5 Å². The van der Waals surface area contributed by atoms with Crippen molar-refractivity contribution in [2.45, 2.75) is 452 Å². The summed E-state index contributed by atoms with van der Waals surface area (Å²) < 4.78 is 68.6. The Hall–Kier alpha value is -1.94. The molecule has 6 atom stereocenters. The molecule has 0 spiro atoms. The zero-order valence-electron chi connectivity index (χ0n) is 66.2. The van der Waals surface area contributed by atoms with Gasteiger partial charge in [0, 0.05) is 25.7 Å². The van der Waals surface area contributed by atoms with E-state index in [0.29, 0.717) is 25.7 Å². The first-order valence-electron chi connectivity index (χ1n) is 42.5. The van der Waals surface area contributed by atoms with Crippen molar-refractivity contribution in [1.29, 1.82) is 0 Å². The molecule has 0 saturated carbocycles. The molecule has 3 N–H and O–H groups in total. The van der Waals surface area contributed by atoms with Crippen LogP contribution in [-0.4, -0.2) is 96.7 Å². The first-order valence-corrected chi connectivity index (χ1v) is 45.5. The summed E-state index contributed by atoms with van der Waals surface area (Å²) in [6.07, 6.45) is 64.2. The number of unbranched alkanes of at least 4 members (excludes halogenated alkanes) is 50. The predicted molar refractivity (Wildman–Crippen MR) is 414 cm³/mol. The van der Waals surface area contributed by atoms with Gasteiger partial charge in [0.2, 0.25) is 0 Å². The molecule has 0 amide bonds. The number of phosphoric ester groups is 2. The Balaban J connectivity index is 5.15. The monoisotopic (exact) mass is 1480 g/mol. The predicted octanol–water partition coefficient (Wildman–Crippen LogP) is 24.7. The number of carbonyl (C=O) groups excluding carboxylic acids is 4. The minimum atomic E-state index is -4.96. The van der Waals surface area contributed by atoms with Gasteiger partial charge >= 0.3 is 39.5 Å². The normalized spacial score (nSPS) is 14.2. The Morgan fingerprint density at radius 3 is 0.752 bits per heavy atom. The molecule has 0 heterocycles. The summed E-state index contributed by atoms with van der Waals surface area (Å²) in [4.78, 5) is 72.8. The molecule has 0 fully saturated rings. The summed E-state index contributed by atoms with van der Waals surface area (Å²) >= 11 is 0. The lowest BCUT2D eigenvalue weighted by atomic mass is 9.99. The average molecular weight is 1480 g/mol. The molecule has 0 aliphatic carbocycles. The second-order valence-corrected chi connectivity index (χ2v) is 33.1. The van der Waals surface area contributed by atoms with Crippen LogP contribution in [0.15, 0.2) is 0 Å². The summed E-state index contributed by atoms with van der Waals surface area (Å²) in [5.74, 6) is -0.507. The highest BCUT2D eigenvalue weighted by atomic mass is 31.2. The lowest BCUT2D eigenvalue weighted by Crippen LogP contribution is -2.30. The highest BCUT2D eigenvalue weighted by Crippen LogP contribution is 2.45. The molecule has 0 aromatic rings. The number of ether oxygens (including phenoxy) is 4. The second kappa shape index (κ2) is 73.6. The van der Waals surface area contributed by atoms with Crippen molar-refractivity contribution >= 4 is 39.5 Å². The highest BCUT2D eigenvalue weighted by molar-refractivity contribution is 7.47. The largest absolute Gasteiger partial charge is 0.472 e. The van der Waals surface area contributed by atoms with Gasteiger partial charge in [0.15, 0.2) is 12.2 Å². The minimum Gasteiger partial charge on any atom is -0.462 e. The molecule has 0 aliphatic rings. The molecule has 17 nitrogen and oxygen atoms in total. The summed E-state index contributed by atoms with van der Waals surface area (Å²) in [5, 5.41) is 10.6. The zero-order valence-corrected chi connectivity index (χ0v) is 68.0. The molecule has 0 saturated heterocycles. The van der Waals surface area contributed by atoms with Gasteiger partial charge in [-0.3, -0.25) is 37.3 Å². The molecule has 0 bridgehead atoms. The van der Waals surface area contributed by atoms with Gasteiger partial charge in [0.1, 0.15) is 19.3 Å². The van der Waals surface area contributed by atoms with E-state index in [1.807, 2.05) is 0 Å². The molecule has 3 unspecified atom stereocenters. The zero-order chi connectivity index (χ0) is 74.2. The Morgan fingerprint density at radius 1 is 0.287 bits per heavy atom. The number of aliphatic hydroxyl groups is 1. The molecule has 101 heavy (non-hydrogen) atoms. The minimum absolute atomic E-state index is 0.105. The highest BCUT2D eigenvalue weighted by Gasteiger charge is 2.30. The van der Waals surface area contributed by atoms with Crippen molar-refractivity contribution in [3.05, 3.63) is 0 Å². The average Bonchev–Trinajstić information content (AvgIpc) is 1.06. The van der Waals surface area contributed by atoms with Crippen molar-refractivity contribution in [3.63, 3.8) is 0 Å². The van der Waals surface area contributed by atoms with Crippen LogP contribution in [0.25, 0.3) is 0 Å². The number of carbonyl (C=O) groups is 4. The van der Waals surface area contributed by atoms with Crippen molar-refractivity contribution in [2.24, 2.45) is 11.8 Å². The number of esters is 4. The lowest BCUT2D eigenvalue weighted by Gasteiger charge is -2.21. The number of hydrogen-bond acceptors (Lipinski definition) is 15. The fourth-order valence-electron chi connectivity index (χ4n) is 12.7. The van der Waals surface area contributed by atoms with E-state index in [-0.39, 0.29) is 25.7 Å². The van der Waals surface area contributed by atoms with Crippen LogP contribution in [0.4, 0.5) is 0 Å². The second-order valence-electron chi connectivity index (χ2n) is 30.2. The molecule has 600 valence electrons. The van der Waals surface area contributed by atoms with Gasteiger partial charge < -0.3 is 33.8 Å². The van der Waals surface area contributed by atoms with Crippen LogP contribution < -0.4 is 0 Å². The molecular weight excluding hydrogens is 1320 g/mol. The van der Waals surface area contributed by atoms with E-state index < -0.39 is 97.5 Å². The SMILES string of the molecule is CCCCCCCCCCCCCCCCCCCCCCC(=O)OC[C@H](COP(=O)(O)OC[C@@H](O)COP(=O)(O)OC[C@@H](COC(=O)CCCCCCCCC)OC(=O)CCCCCCCCCCCC(C)C)OC(=O)CCCCCCCCCCCCCCCCCCCCC(C)CC. The van der Waals surface area contributed by atoms with E-state index in [2.05, 4.69) is 41.5 Å². The van der Waals surface area contributed by atoms with Crippen LogP contribution in [0.1, 0.15) is 433 Å². The van der Waals surface area contributed by atoms with Crippen LogP contribution in [0.2, 0.25) is 0 Å². The van der Waals surface area contributed by atoms with Crippen LogP contribution in [0.5, 0.6) is 0 Å². The van der Waals surface area contributed by atoms with E-state index in [0.717, 1.165) is 115 Å². The number of rotatable bonds is 81. The molecular formula is C82H160O17P2. The molecule has 0 radical (unpaired) electrons. The third kappa shape index (κ3) is 74.7.